The number of carbonyl (C=O) groups excluding carboxylic acids is 1. The third-order valence-electron chi connectivity index (χ3n) is 3.10. The van der Waals surface area contributed by atoms with Gasteiger partial charge in [-0.15, -0.1) is 0 Å². The molecule has 0 aliphatic rings. The van der Waals surface area contributed by atoms with Crippen LogP contribution in [0.5, 0.6) is 0 Å². The Bertz CT molecular complexity index is 675. The van der Waals surface area contributed by atoms with Gasteiger partial charge in [0.15, 0.2) is 9.84 Å². The second-order valence-electron chi connectivity index (χ2n) is 4.88. The van der Waals surface area contributed by atoms with Crippen molar-refractivity contribution in [3.63, 3.8) is 0 Å². The van der Waals surface area contributed by atoms with E-state index in [4.69, 9.17) is 5.26 Å². The monoisotopic (exact) mass is 298 g/mol. The van der Waals surface area contributed by atoms with Gasteiger partial charge in [-0.2, -0.15) is 5.26 Å². The lowest BCUT2D eigenvalue weighted by Crippen LogP contribution is -2.47. The molecule has 108 valence electrons. The van der Waals surface area contributed by atoms with E-state index in [0.29, 0.717) is 0 Å². The SMILES string of the molecule is CC(C)(C(=O)NCc1ccc(C#N)cc1F)S(C)(=O)=O. The maximum absolute atomic E-state index is 13.6. The van der Waals surface area contributed by atoms with E-state index in [0.717, 1.165) is 12.3 Å². The molecule has 20 heavy (non-hydrogen) atoms. The minimum Gasteiger partial charge on any atom is -0.351 e. The molecule has 1 rings (SSSR count). The van der Waals surface area contributed by atoms with Crippen LogP contribution in [0.15, 0.2) is 18.2 Å². The third-order valence-corrected chi connectivity index (χ3v) is 5.13. The van der Waals surface area contributed by atoms with Crippen molar-refractivity contribution >= 4 is 15.7 Å². The van der Waals surface area contributed by atoms with E-state index >= 15 is 0 Å². The molecule has 0 saturated heterocycles. The van der Waals surface area contributed by atoms with E-state index in [9.17, 15) is 17.6 Å². The molecule has 5 nitrogen and oxygen atoms in total. The highest BCUT2D eigenvalue weighted by atomic mass is 32.2. The number of nitrogens with one attached hydrogen (secondary N) is 1. The first-order chi connectivity index (χ1) is 9.09. The Morgan fingerprint density at radius 3 is 2.50 bits per heavy atom. The molecule has 0 saturated carbocycles. The van der Waals surface area contributed by atoms with Crippen LogP contribution in [0.4, 0.5) is 4.39 Å². The summed E-state index contributed by atoms with van der Waals surface area (Å²) in [6.07, 6.45) is 0.967. The van der Waals surface area contributed by atoms with Crippen molar-refractivity contribution in [3.05, 3.63) is 35.1 Å². The van der Waals surface area contributed by atoms with Crippen molar-refractivity contribution < 1.29 is 17.6 Å². The molecule has 0 unspecified atom stereocenters. The van der Waals surface area contributed by atoms with Gasteiger partial charge in [-0.25, -0.2) is 12.8 Å². The summed E-state index contributed by atoms with van der Waals surface area (Å²) in [6, 6.07) is 5.66. The zero-order valence-corrected chi connectivity index (χ0v) is 12.2. The molecule has 0 atom stereocenters. The summed E-state index contributed by atoms with van der Waals surface area (Å²) in [6.45, 7) is 2.43. The van der Waals surface area contributed by atoms with E-state index in [-0.39, 0.29) is 17.7 Å². The topological polar surface area (TPSA) is 87.0 Å². The number of hydrogen-bond acceptors (Lipinski definition) is 4. The highest BCUT2D eigenvalue weighted by molar-refractivity contribution is 7.92. The van der Waals surface area contributed by atoms with Crippen molar-refractivity contribution in [2.75, 3.05) is 6.26 Å². The Labute approximate surface area is 117 Å². The van der Waals surface area contributed by atoms with Gasteiger partial charge in [0.1, 0.15) is 10.6 Å². The van der Waals surface area contributed by atoms with Gasteiger partial charge in [0.2, 0.25) is 5.91 Å². The van der Waals surface area contributed by atoms with Gasteiger partial charge in [-0.3, -0.25) is 4.79 Å². The molecule has 0 aromatic heterocycles. The average Bonchev–Trinajstić information content (AvgIpc) is 2.35. The van der Waals surface area contributed by atoms with Gasteiger partial charge >= 0.3 is 0 Å². The molecule has 0 radical (unpaired) electrons. The van der Waals surface area contributed by atoms with E-state index in [1.54, 1.807) is 6.07 Å². The Morgan fingerprint density at radius 1 is 1.45 bits per heavy atom. The first-order valence-corrected chi connectivity index (χ1v) is 7.65. The number of hydrogen-bond donors (Lipinski definition) is 1. The minimum atomic E-state index is -3.58. The van der Waals surface area contributed by atoms with Gasteiger partial charge in [0.05, 0.1) is 11.6 Å². The van der Waals surface area contributed by atoms with Crippen LogP contribution < -0.4 is 5.32 Å². The standard InChI is InChI=1S/C13H15FN2O3S/c1-13(2,20(3,18)19)12(17)16-8-10-5-4-9(7-15)6-11(10)14/h4-6H,8H2,1-3H3,(H,16,17). The Kier molecular flexibility index (Phi) is 4.50. The average molecular weight is 298 g/mol. The van der Waals surface area contributed by atoms with Crippen molar-refractivity contribution in [3.8, 4) is 6.07 Å². The lowest BCUT2D eigenvalue weighted by atomic mass is 10.1. The first kappa shape index (κ1) is 16.1. The van der Waals surface area contributed by atoms with Gasteiger partial charge < -0.3 is 5.32 Å². The fourth-order valence-corrected chi connectivity index (χ4v) is 1.73. The third kappa shape index (κ3) is 3.33. The maximum atomic E-state index is 13.6. The Balaban J connectivity index is 2.84. The molecule has 1 amide bonds. The highest BCUT2D eigenvalue weighted by Crippen LogP contribution is 2.16. The maximum Gasteiger partial charge on any atom is 0.241 e. The number of halogens is 1. The zero-order valence-electron chi connectivity index (χ0n) is 11.4. The van der Waals surface area contributed by atoms with E-state index < -0.39 is 26.3 Å². The van der Waals surface area contributed by atoms with Crippen LogP contribution in [0.25, 0.3) is 0 Å². The summed E-state index contributed by atoms with van der Waals surface area (Å²) in [4.78, 5) is 11.9. The van der Waals surface area contributed by atoms with Crippen LogP contribution in [0.1, 0.15) is 25.0 Å². The van der Waals surface area contributed by atoms with Crippen molar-refractivity contribution in [2.45, 2.75) is 25.1 Å². The summed E-state index contributed by atoms with van der Waals surface area (Å²) in [5.41, 5.74) is 0.357. The largest absolute Gasteiger partial charge is 0.351 e. The predicted octanol–water partition coefficient (Wildman–Crippen LogP) is 1.14. The number of carbonyl (C=O) groups is 1. The van der Waals surface area contributed by atoms with Gasteiger partial charge in [0, 0.05) is 18.4 Å². The molecule has 0 spiro atoms. The number of amides is 1. The Hall–Kier alpha value is -1.94. The first-order valence-electron chi connectivity index (χ1n) is 5.76. The molecule has 0 bridgehead atoms. The predicted molar refractivity (Wildman–Crippen MR) is 71.9 cm³/mol. The second-order valence-corrected chi connectivity index (χ2v) is 7.45. The number of sulfone groups is 1. The molecule has 0 aliphatic carbocycles. The normalized spacial score (nSPS) is 11.8. The molecule has 0 fully saturated rings. The zero-order chi connectivity index (χ0) is 15.6. The van der Waals surface area contributed by atoms with Crippen molar-refractivity contribution in [1.82, 2.24) is 5.32 Å². The van der Waals surface area contributed by atoms with E-state index in [2.05, 4.69) is 5.32 Å². The molecular formula is C13H15FN2O3S. The summed E-state index contributed by atoms with van der Waals surface area (Å²) >= 11 is 0. The quantitative estimate of drug-likeness (QED) is 0.903. The fourth-order valence-electron chi connectivity index (χ4n) is 1.32. The highest BCUT2D eigenvalue weighted by Gasteiger charge is 2.38. The smallest absolute Gasteiger partial charge is 0.241 e. The van der Waals surface area contributed by atoms with Crippen LogP contribution in [0.2, 0.25) is 0 Å². The second kappa shape index (κ2) is 5.59. The van der Waals surface area contributed by atoms with Crippen LogP contribution in [0.3, 0.4) is 0 Å². The number of benzene rings is 1. The van der Waals surface area contributed by atoms with E-state index in [1.165, 1.54) is 26.0 Å². The molecular weight excluding hydrogens is 283 g/mol. The summed E-state index contributed by atoms with van der Waals surface area (Å²) in [5, 5.41) is 11.0. The Morgan fingerprint density at radius 2 is 2.05 bits per heavy atom. The molecule has 7 heteroatoms. The summed E-state index contributed by atoms with van der Waals surface area (Å²) in [5.74, 6) is -1.33. The van der Waals surface area contributed by atoms with Gasteiger partial charge in [-0.1, -0.05) is 6.07 Å². The molecule has 1 aromatic rings. The van der Waals surface area contributed by atoms with E-state index in [1.807, 2.05) is 0 Å². The molecule has 1 aromatic carbocycles. The van der Waals surface area contributed by atoms with Gasteiger partial charge in [0.25, 0.3) is 0 Å². The lowest BCUT2D eigenvalue weighted by Gasteiger charge is -2.21. The fraction of sp³-hybridized carbons (Fsp3) is 0.385. The molecule has 1 N–H and O–H groups in total. The lowest BCUT2D eigenvalue weighted by molar-refractivity contribution is -0.123. The minimum absolute atomic E-state index is 0.144. The molecule has 0 aliphatic heterocycles. The van der Waals surface area contributed by atoms with Gasteiger partial charge in [-0.05, 0) is 26.0 Å². The van der Waals surface area contributed by atoms with Crippen LogP contribution in [-0.2, 0) is 21.2 Å². The van der Waals surface area contributed by atoms with Crippen LogP contribution >= 0.6 is 0 Å². The number of nitriles is 1. The molecule has 0 heterocycles. The summed E-state index contributed by atoms with van der Waals surface area (Å²) in [7, 11) is -3.58. The van der Waals surface area contributed by atoms with Crippen molar-refractivity contribution in [1.29, 1.82) is 5.26 Å². The number of nitrogens with zero attached hydrogens (tertiary/aromatic N) is 1. The van der Waals surface area contributed by atoms with Crippen molar-refractivity contribution in [2.24, 2.45) is 0 Å². The summed E-state index contributed by atoms with van der Waals surface area (Å²) < 4.78 is 35.0. The number of rotatable bonds is 4. The van der Waals surface area contributed by atoms with Crippen LogP contribution in [0, 0.1) is 17.1 Å². The van der Waals surface area contributed by atoms with Crippen LogP contribution in [-0.4, -0.2) is 25.3 Å².